The standard InChI is InChI=1S/C12H8N2S/c1-2-12-11(14-8-15-12)7-10(1)9-3-5-13-6-4-9/h1-8H. The molecule has 0 saturated carbocycles. The molecule has 0 bridgehead atoms. The maximum Gasteiger partial charge on any atom is 0.0818 e. The second-order valence-electron chi connectivity index (χ2n) is 3.27. The fraction of sp³-hybridized carbons (Fsp3) is 0. The minimum Gasteiger partial charge on any atom is -0.265 e. The normalized spacial score (nSPS) is 10.7. The third kappa shape index (κ3) is 1.51. The van der Waals surface area contributed by atoms with Crippen molar-refractivity contribution in [3.63, 3.8) is 0 Å². The van der Waals surface area contributed by atoms with Crippen LogP contribution in [0.15, 0.2) is 48.2 Å². The van der Waals surface area contributed by atoms with Crippen LogP contribution in [0.1, 0.15) is 0 Å². The average molecular weight is 212 g/mol. The van der Waals surface area contributed by atoms with Crippen molar-refractivity contribution in [1.29, 1.82) is 0 Å². The van der Waals surface area contributed by atoms with Crippen LogP contribution in [0.4, 0.5) is 0 Å². The molecule has 0 saturated heterocycles. The van der Waals surface area contributed by atoms with Crippen molar-refractivity contribution in [2.75, 3.05) is 0 Å². The first-order valence-electron chi connectivity index (χ1n) is 4.67. The highest BCUT2D eigenvalue weighted by molar-refractivity contribution is 7.16. The number of pyridine rings is 1. The highest BCUT2D eigenvalue weighted by atomic mass is 32.1. The Bertz CT molecular complexity index is 587. The maximum absolute atomic E-state index is 4.31. The van der Waals surface area contributed by atoms with Crippen LogP contribution in [0.2, 0.25) is 0 Å². The van der Waals surface area contributed by atoms with E-state index >= 15 is 0 Å². The fourth-order valence-corrected chi connectivity index (χ4v) is 2.24. The molecule has 3 heteroatoms. The lowest BCUT2D eigenvalue weighted by Gasteiger charge is -1.99. The van der Waals surface area contributed by atoms with E-state index in [9.17, 15) is 0 Å². The topological polar surface area (TPSA) is 25.8 Å². The molecule has 72 valence electrons. The predicted molar refractivity (Wildman–Crippen MR) is 62.9 cm³/mol. The van der Waals surface area contributed by atoms with E-state index in [2.05, 4.69) is 28.2 Å². The molecule has 0 radical (unpaired) electrons. The van der Waals surface area contributed by atoms with E-state index in [1.54, 1.807) is 23.7 Å². The van der Waals surface area contributed by atoms with Gasteiger partial charge in [-0.15, -0.1) is 11.3 Å². The van der Waals surface area contributed by atoms with Crippen molar-refractivity contribution in [2.45, 2.75) is 0 Å². The molecule has 2 aromatic heterocycles. The van der Waals surface area contributed by atoms with Gasteiger partial charge in [0.15, 0.2) is 0 Å². The molecule has 0 aliphatic carbocycles. The van der Waals surface area contributed by atoms with Crippen LogP contribution < -0.4 is 0 Å². The van der Waals surface area contributed by atoms with Crippen molar-refractivity contribution in [2.24, 2.45) is 0 Å². The summed E-state index contributed by atoms with van der Waals surface area (Å²) in [6.07, 6.45) is 3.61. The number of rotatable bonds is 1. The van der Waals surface area contributed by atoms with Gasteiger partial charge in [-0.25, -0.2) is 4.98 Å². The molecule has 3 aromatic rings. The van der Waals surface area contributed by atoms with Crippen LogP contribution in [0.25, 0.3) is 21.3 Å². The Morgan fingerprint density at radius 1 is 0.933 bits per heavy atom. The first-order valence-corrected chi connectivity index (χ1v) is 5.55. The smallest absolute Gasteiger partial charge is 0.0818 e. The Labute approximate surface area is 91.2 Å². The molecule has 0 unspecified atom stereocenters. The van der Waals surface area contributed by atoms with Crippen molar-refractivity contribution in [1.82, 2.24) is 9.97 Å². The number of aromatic nitrogens is 2. The van der Waals surface area contributed by atoms with Gasteiger partial charge in [0.2, 0.25) is 0 Å². The second-order valence-corrected chi connectivity index (χ2v) is 4.16. The molecule has 0 aliphatic rings. The van der Waals surface area contributed by atoms with Gasteiger partial charge in [0.25, 0.3) is 0 Å². The first-order chi connectivity index (χ1) is 7.43. The summed E-state index contributed by atoms with van der Waals surface area (Å²) in [5, 5.41) is 0. The zero-order valence-electron chi connectivity index (χ0n) is 7.92. The van der Waals surface area contributed by atoms with Crippen LogP contribution in [0.3, 0.4) is 0 Å². The van der Waals surface area contributed by atoms with E-state index in [4.69, 9.17) is 0 Å². The number of hydrogen-bond acceptors (Lipinski definition) is 3. The molecule has 0 aliphatic heterocycles. The molecule has 3 rings (SSSR count). The lowest BCUT2D eigenvalue weighted by atomic mass is 10.1. The zero-order valence-corrected chi connectivity index (χ0v) is 8.74. The molecule has 15 heavy (non-hydrogen) atoms. The van der Waals surface area contributed by atoms with Crippen molar-refractivity contribution >= 4 is 21.6 Å². The van der Waals surface area contributed by atoms with Gasteiger partial charge in [-0.05, 0) is 35.4 Å². The van der Waals surface area contributed by atoms with Gasteiger partial charge in [0.05, 0.1) is 15.7 Å². The largest absolute Gasteiger partial charge is 0.265 e. The van der Waals surface area contributed by atoms with Crippen LogP contribution in [0, 0.1) is 0 Å². The summed E-state index contributed by atoms with van der Waals surface area (Å²) in [6.45, 7) is 0. The van der Waals surface area contributed by atoms with Crippen molar-refractivity contribution in [3.8, 4) is 11.1 Å². The lowest BCUT2D eigenvalue weighted by molar-refractivity contribution is 1.33. The Hall–Kier alpha value is -1.74. The summed E-state index contributed by atoms with van der Waals surface area (Å²) in [7, 11) is 0. The van der Waals surface area contributed by atoms with Gasteiger partial charge in [0.1, 0.15) is 0 Å². The molecular weight excluding hydrogens is 204 g/mol. The minimum absolute atomic E-state index is 1.06. The van der Waals surface area contributed by atoms with Crippen molar-refractivity contribution < 1.29 is 0 Å². The number of nitrogens with zero attached hydrogens (tertiary/aromatic N) is 2. The number of hydrogen-bond donors (Lipinski definition) is 0. The van der Waals surface area contributed by atoms with Crippen LogP contribution >= 0.6 is 11.3 Å². The molecule has 0 N–H and O–H groups in total. The second kappa shape index (κ2) is 3.44. The third-order valence-corrected chi connectivity index (χ3v) is 3.15. The van der Waals surface area contributed by atoms with E-state index < -0.39 is 0 Å². The number of thiazole rings is 1. The Kier molecular flexibility index (Phi) is 1.96. The summed E-state index contributed by atoms with van der Waals surface area (Å²) in [5.41, 5.74) is 5.31. The molecule has 2 heterocycles. The zero-order chi connectivity index (χ0) is 10.1. The first kappa shape index (κ1) is 8.56. The molecule has 0 amide bonds. The summed E-state index contributed by atoms with van der Waals surface area (Å²) in [6, 6.07) is 10.4. The third-order valence-electron chi connectivity index (χ3n) is 2.34. The van der Waals surface area contributed by atoms with E-state index in [1.807, 2.05) is 17.6 Å². The fourth-order valence-electron chi connectivity index (χ4n) is 1.58. The van der Waals surface area contributed by atoms with Crippen LogP contribution in [-0.4, -0.2) is 9.97 Å². The predicted octanol–water partition coefficient (Wildman–Crippen LogP) is 3.36. The SMILES string of the molecule is c1cc(-c2ccc3scnc3c2)ccn1. The Morgan fingerprint density at radius 2 is 1.80 bits per heavy atom. The molecular formula is C12H8N2S. The highest BCUT2D eigenvalue weighted by Crippen LogP contribution is 2.25. The Morgan fingerprint density at radius 3 is 2.67 bits per heavy atom. The molecule has 0 atom stereocenters. The lowest BCUT2D eigenvalue weighted by Crippen LogP contribution is -1.78. The summed E-state index contributed by atoms with van der Waals surface area (Å²) >= 11 is 1.67. The van der Waals surface area contributed by atoms with Gasteiger partial charge in [-0.1, -0.05) is 6.07 Å². The average Bonchev–Trinajstić information content (AvgIpc) is 2.77. The maximum atomic E-state index is 4.31. The van der Waals surface area contributed by atoms with E-state index in [0.717, 1.165) is 5.52 Å². The van der Waals surface area contributed by atoms with Gasteiger partial charge in [0, 0.05) is 12.4 Å². The molecule has 0 fully saturated rings. The van der Waals surface area contributed by atoms with Gasteiger partial charge in [-0.3, -0.25) is 4.98 Å². The van der Waals surface area contributed by atoms with Gasteiger partial charge in [-0.2, -0.15) is 0 Å². The summed E-state index contributed by atoms with van der Waals surface area (Å²) < 4.78 is 1.23. The quantitative estimate of drug-likeness (QED) is 0.618. The minimum atomic E-state index is 1.06. The highest BCUT2D eigenvalue weighted by Gasteiger charge is 2.00. The number of fused-ring (bicyclic) bond motifs is 1. The molecule has 0 spiro atoms. The van der Waals surface area contributed by atoms with E-state index in [1.165, 1.54) is 15.8 Å². The van der Waals surface area contributed by atoms with E-state index in [0.29, 0.717) is 0 Å². The van der Waals surface area contributed by atoms with Gasteiger partial charge >= 0.3 is 0 Å². The van der Waals surface area contributed by atoms with Crippen molar-refractivity contribution in [3.05, 3.63) is 48.2 Å². The summed E-state index contributed by atoms with van der Waals surface area (Å²) in [4.78, 5) is 8.32. The number of benzene rings is 1. The van der Waals surface area contributed by atoms with Crippen LogP contribution in [-0.2, 0) is 0 Å². The monoisotopic (exact) mass is 212 g/mol. The van der Waals surface area contributed by atoms with E-state index in [-0.39, 0.29) is 0 Å². The Balaban J connectivity index is 2.19. The summed E-state index contributed by atoms with van der Waals surface area (Å²) in [5.74, 6) is 0. The molecule has 2 nitrogen and oxygen atoms in total. The van der Waals surface area contributed by atoms with Crippen LogP contribution in [0.5, 0.6) is 0 Å². The molecule has 1 aromatic carbocycles. The van der Waals surface area contributed by atoms with Gasteiger partial charge < -0.3 is 0 Å².